The SMILES string of the molecule is COP(=O)(Cc1ccccc1C(=O)CCCCCl)OC. The molecule has 1 aromatic carbocycles. The van der Waals surface area contributed by atoms with E-state index >= 15 is 0 Å². The summed E-state index contributed by atoms with van der Waals surface area (Å²) >= 11 is 5.61. The first kappa shape index (κ1) is 17.4. The van der Waals surface area contributed by atoms with E-state index in [1.165, 1.54) is 14.2 Å². The summed E-state index contributed by atoms with van der Waals surface area (Å²) in [6.07, 6.45) is 2.10. The molecule has 0 fully saturated rings. The standard InChI is InChI=1S/C14H20ClO4P/c1-18-20(17,19-2)11-12-7-3-4-8-13(12)14(16)9-5-6-10-15/h3-4,7-8H,5-6,9-11H2,1-2H3. The zero-order valence-electron chi connectivity index (χ0n) is 11.8. The third-order valence-corrected chi connectivity index (χ3v) is 5.13. The number of ketones is 1. The zero-order valence-corrected chi connectivity index (χ0v) is 13.5. The van der Waals surface area contributed by atoms with Crippen LogP contribution in [0.25, 0.3) is 0 Å². The summed E-state index contributed by atoms with van der Waals surface area (Å²) in [5.41, 5.74) is 1.27. The molecule has 0 saturated carbocycles. The summed E-state index contributed by atoms with van der Waals surface area (Å²) in [7, 11) is -0.490. The first-order valence-corrected chi connectivity index (χ1v) is 8.70. The van der Waals surface area contributed by atoms with E-state index in [9.17, 15) is 9.36 Å². The number of rotatable bonds is 9. The predicted molar refractivity (Wildman–Crippen MR) is 80.7 cm³/mol. The lowest BCUT2D eigenvalue weighted by atomic mass is 10.0. The Morgan fingerprint density at radius 1 is 1.20 bits per heavy atom. The molecule has 4 nitrogen and oxygen atoms in total. The number of alkyl halides is 1. The smallest absolute Gasteiger partial charge is 0.312 e. The number of benzene rings is 1. The Morgan fingerprint density at radius 2 is 1.85 bits per heavy atom. The van der Waals surface area contributed by atoms with Gasteiger partial charge in [-0.2, -0.15) is 0 Å². The fourth-order valence-corrected chi connectivity index (χ4v) is 3.15. The molecule has 112 valence electrons. The van der Waals surface area contributed by atoms with E-state index in [0.29, 0.717) is 23.4 Å². The van der Waals surface area contributed by atoms with Crippen LogP contribution in [0.2, 0.25) is 0 Å². The van der Waals surface area contributed by atoms with Crippen molar-refractivity contribution in [2.24, 2.45) is 0 Å². The van der Waals surface area contributed by atoms with Crippen LogP contribution in [0.1, 0.15) is 35.2 Å². The average molecular weight is 319 g/mol. The van der Waals surface area contributed by atoms with Crippen molar-refractivity contribution in [3.8, 4) is 0 Å². The molecule has 0 bridgehead atoms. The maximum Gasteiger partial charge on any atom is 0.334 e. The van der Waals surface area contributed by atoms with E-state index in [1.807, 2.05) is 0 Å². The van der Waals surface area contributed by atoms with Gasteiger partial charge in [-0.05, 0) is 18.4 Å². The predicted octanol–water partition coefficient (Wildman–Crippen LogP) is 4.26. The van der Waals surface area contributed by atoms with E-state index in [0.717, 1.165) is 12.8 Å². The topological polar surface area (TPSA) is 52.6 Å². The Morgan fingerprint density at radius 3 is 2.45 bits per heavy atom. The van der Waals surface area contributed by atoms with Crippen molar-refractivity contribution < 1.29 is 18.4 Å². The van der Waals surface area contributed by atoms with E-state index in [4.69, 9.17) is 20.6 Å². The Balaban J connectivity index is 2.88. The first-order valence-electron chi connectivity index (χ1n) is 6.44. The molecule has 0 N–H and O–H groups in total. The molecule has 0 atom stereocenters. The van der Waals surface area contributed by atoms with Crippen molar-refractivity contribution in [3.63, 3.8) is 0 Å². The molecule has 0 spiro atoms. The third-order valence-electron chi connectivity index (χ3n) is 3.03. The molecule has 0 unspecified atom stereocenters. The molecule has 0 saturated heterocycles. The average Bonchev–Trinajstić information content (AvgIpc) is 2.47. The molecule has 0 aliphatic heterocycles. The van der Waals surface area contributed by atoms with Crippen molar-refractivity contribution in [3.05, 3.63) is 35.4 Å². The van der Waals surface area contributed by atoms with Crippen LogP contribution >= 0.6 is 19.2 Å². The first-order chi connectivity index (χ1) is 9.56. The van der Waals surface area contributed by atoms with Crippen LogP contribution < -0.4 is 0 Å². The highest BCUT2D eigenvalue weighted by Gasteiger charge is 2.24. The highest BCUT2D eigenvalue weighted by atomic mass is 35.5. The molecule has 0 heterocycles. The van der Waals surface area contributed by atoms with Gasteiger partial charge in [-0.25, -0.2) is 0 Å². The number of unbranched alkanes of at least 4 members (excludes halogenated alkanes) is 1. The van der Waals surface area contributed by atoms with Crippen LogP contribution in [0.3, 0.4) is 0 Å². The molecule has 1 rings (SSSR count). The van der Waals surface area contributed by atoms with Crippen molar-refractivity contribution in [2.45, 2.75) is 25.4 Å². The van der Waals surface area contributed by atoms with Gasteiger partial charge in [-0.15, -0.1) is 11.6 Å². The van der Waals surface area contributed by atoms with Gasteiger partial charge in [-0.1, -0.05) is 24.3 Å². The van der Waals surface area contributed by atoms with E-state index in [1.54, 1.807) is 24.3 Å². The minimum Gasteiger partial charge on any atom is -0.312 e. The second kappa shape index (κ2) is 8.58. The molecule has 0 aromatic heterocycles. The van der Waals surface area contributed by atoms with Crippen molar-refractivity contribution in [1.82, 2.24) is 0 Å². The normalized spacial score (nSPS) is 11.6. The van der Waals surface area contributed by atoms with Crippen LogP contribution in [0, 0.1) is 0 Å². The monoisotopic (exact) mass is 318 g/mol. The summed E-state index contributed by atoms with van der Waals surface area (Å²) in [6.45, 7) is 0. The summed E-state index contributed by atoms with van der Waals surface area (Å²) in [5, 5.41) is 0. The Bertz CT molecular complexity index is 482. The third kappa shape index (κ3) is 5.02. The molecule has 0 radical (unpaired) electrons. The molecule has 1 aromatic rings. The molecule has 0 amide bonds. The minimum atomic E-state index is -3.17. The van der Waals surface area contributed by atoms with Gasteiger partial charge in [0.1, 0.15) is 0 Å². The zero-order chi connectivity index (χ0) is 15.0. The van der Waals surface area contributed by atoms with Gasteiger partial charge in [0.2, 0.25) is 0 Å². The highest BCUT2D eigenvalue weighted by molar-refractivity contribution is 7.52. The molecular formula is C14H20ClO4P. The Hall–Kier alpha value is -0.670. The van der Waals surface area contributed by atoms with Gasteiger partial charge in [-0.3, -0.25) is 9.36 Å². The maximum absolute atomic E-state index is 12.2. The van der Waals surface area contributed by atoms with E-state index < -0.39 is 7.60 Å². The highest BCUT2D eigenvalue weighted by Crippen LogP contribution is 2.50. The molecule has 0 aliphatic carbocycles. The van der Waals surface area contributed by atoms with Crippen LogP contribution in [0.15, 0.2) is 24.3 Å². The fraction of sp³-hybridized carbons (Fsp3) is 0.500. The van der Waals surface area contributed by atoms with Gasteiger partial charge >= 0.3 is 7.60 Å². The van der Waals surface area contributed by atoms with E-state index in [-0.39, 0.29) is 11.9 Å². The number of hydrogen-bond acceptors (Lipinski definition) is 4. The summed E-state index contributed by atoms with van der Waals surface area (Å²) in [6, 6.07) is 7.12. The Labute approximate surface area is 125 Å². The number of hydrogen-bond donors (Lipinski definition) is 0. The molecular weight excluding hydrogens is 299 g/mol. The number of Topliss-reactive ketones (excluding diaryl/α,β-unsaturated/α-hetero) is 1. The molecule has 20 heavy (non-hydrogen) atoms. The van der Waals surface area contributed by atoms with Crippen LogP contribution in [0.5, 0.6) is 0 Å². The van der Waals surface area contributed by atoms with Crippen LogP contribution in [-0.4, -0.2) is 25.9 Å². The van der Waals surface area contributed by atoms with Gasteiger partial charge < -0.3 is 9.05 Å². The largest absolute Gasteiger partial charge is 0.334 e. The fourth-order valence-electron chi connectivity index (χ4n) is 1.86. The molecule has 6 heteroatoms. The van der Waals surface area contributed by atoms with Gasteiger partial charge in [0.25, 0.3) is 0 Å². The van der Waals surface area contributed by atoms with Crippen molar-refractivity contribution >= 4 is 25.0 Å². The van der Waals surface area contributed by atoms with E-state index in [2.05, 4.69) is 0 Å². The Kier molecular flexibility index (Phi) is 7.46. The van der Waals surface area contributed by atoms with Crippen LogP contribution in [0.4, 0.5) is 0 Å². The quantitative estimate of drug-likeness (QED) is 0.295. The number of halogens is 1. The summed E-state index contributed by atoms with van der Waals surface area (Å²) in [4.78, 5) is 12.2. The lowest BCUT2D eigenvalue weighted by molar-refractivity contribution is 0.0979. The van der Waals surface area contributed by atoms with Gasteiger partial charge in [0, 0.05) is 32.1 Å². The second-order valence-electron chi connectivity index (χ2n) is 4.36. The summed E-state index contributed by atoms with van der Waals surface area (Å²) < 4.78 is 22.0. The lowest BCUT2D eigenvalue weighted by Crippen LogP contribution is -2.05. The maximum atomic E-state index is 12.2. The molecule has 0 aliphatic rings. The van der Waals surface area contributed by atoms with Gasteiger partial charge in [0.15, 0.2) is 5.78 Å². The summed E-state index contributed by atoms with van der Waals surface area (Å²) in [5.74, 6) is 0.585. The number of carbonyl (C=O) groups is 1. The van der Waals surface area contributed by atoms with Crippen molar-refractivity contribution in [2.75, 3.05) is 20.1 Å². The second-order valence-corrected chi connectivity index (χ2v) is 7.01. The van der Waals surface area contributed by atoms with Crippen molar-refractivity contribution in [1.29, 1.82) is 0 Å². The lowest BCUT2D eigenvalue weighted by Gasteiger charge is -2.15. The number of carbonyl (C=O) groups excluding carboxylic acids is 1. The van der Waals surface area contributed by atoms with Gasteiger partial charge in [0.05, 0.1) is 6.16 Å². The minimum absolute atomic E-state index is 0.0319. The van der Waals surface area contributed by atoms with Crippen LogP contribution in [-0.2, 0) is 19.8 Å².